The van der Waals surface area contributed by atoms with Crippen LogP contribution in [0.15, 0.2) is 42.5 Å². The Morgan fingerprint density at radius 1 is 1.29 bits per heavy atom. The Kier molecular flexibility index (Phi) is 4.42. The standard InChI is InChI=1S/C16H13NO4/c1-20-13-5-6-15(14(8-13)16(18)19)21-10-12-4-2-3-11(7-12)9-17/h2-8H,10H2,1H3,(H,18,19). The number of carboxylic acids is 1. The lowest BCUT2D eigenvalue weighted by Crippen LogP contribution is -2.04. The van der Waals surface area contributed by atoms with E-state index in [4.69, 9.17) is 14.7 Å². The van der Waals surface area contributed by atoms with E-state index in [0.717, 1.165) is 5.56 Å². The van der Waals surface area contributed by atoms with Crippen molar-refractivity contribution in [2.45, 2.75) is 6.61 Å². The lowest BCUT2D eigenvalue weighted by Gasteiger charge is -2.10. The number of carboxylic acid groups (broad SMARTS) is 1. The molecule has 0 aliphatic rings. The third kappa shape index (κ3) is 3.51. The van der Waals surface area contributed by atoms with E-state index in [1.807, 2.05) is 12.1 Å². The summed E-state index contributed by atoms with van der Waals surface area (Å²) in [6.07, 6.45) is 0. The number of aromatic carboxylic acids is 1. The van der Waals surface area contributed by atoms with Crippen LogP contribution in [0.4, 0.5) is 0 Å². The molecular weight excluding hydrogens is 270 g/mol. The van der Waals surface area contributed by atoms with Gasteiger partial charge in [-0.05, 0) is 35.9 Å². The molecule has 0 saturated heterocycles. The summed E-state index contributed by atoms with van der Waals surface area (Å²) in [5.41, 5.74) is 1.36. The van der Waals surface area contributed by atoms with Gasteiger partial charge in [0.15, 0.2) is 0 Å². The zero-order valence-electron chi connectivity index (χ0n) is 11.4. The van der Waals surface area contributed by atoms with E-state index in [9.17, 15) is 9.90 Å². The SMILES string of the molecule is COc1ccc(OCc2cccc(C#N)c2)c(C(=O)O)c1. The van der Waals surface area contributed by atoms with Crippen molar-refractivity contribution in [3.63, 3.8) is 0 Å². The summed E-state index contributed by atoms with van der Waals surface area (Å²) in [6, 6.07) is 13.6. The predicted molar refractivity (Wildman–Crippen MR) is 75.4 cm³/mol. The molecule has 21 heavy (non-hydrogen) atoms. The second-order valence-corrected chi connectivity index (χ2v) is 4.27. The molecule has 0 bridgehead atoms. The molecule has 0 aromatic heterocycles. The van der Waals surface area contributed by atoms with Crippen LogP contribution >= 0.6 is 0 Å². The number of hydrogen-bond acceptors (Lipinski definition) is 4. The molecule has 0 aliphatic carbocycles. The fraction of sp³-hybridized carbons (Fsp3) is 0.125. The van der Waals surface area contributed by atoms with Gasteiger partial charge in [0, 0.05) is 0 Å². The summed E-state index contributed by atoms with van der Waals surface area (Å²) in [4.78, 5) is 11.2. The first-order valence-corrected chi connectivity index (χ1v) is 6.17. The van der Waals surface area contributed by atoms with Crippen LogP contribution in [0.2, 0.25) is 0 Å². The molecule has 106 valence electrons. The fourth-order valence-corrected chi connectivity index (χ4v) is 1.82. The van der Waals surface area contributed by atoms with Crippen LogP contribution in [-0.4, -0.2) is 18.2 Å². The minimum Gasteiger partial charge on any atom is -0.497 e. The second-order valence-electron chi connectivity index (χ2n) is 4.27. The van der Waals surface area contributed by atoms with Gasteiger partial charge < -0.3 is 14.6 Å². The Hall–Kier alpha value is -3.00. The summed E-state index contributed by atoms with van der Waals surface area (Å²) in [6.45, 7) is 0.183. The molecule has 0 spiro atoms. The van der Waals surface area contributed by atoms with Crippen LogP contribution in [0.5, 0.6) is 11.5 Å². The number of nitrogens with zero attached hydrogens (tertiary/aromatic N) is 1. The number of methoxy groups -OCH3 is 1. The molecule has 2 rings (SSSR count). The first-order valence-electron chi connectivity index (χ1n) is 6.17. The second kappa shape index (κ2) is 6.44. The molecule has 0 saturated carbocycles. The molecule has 2 aromatic carbocycles. The highest BCUT2D eigenvalue weighted by Crippen LogP contribution is 2.25. The Balaban J connectivity index is 2.19. The molecule has 0 radical (unpaired) electrons. The van der Waals surface area contributed by atoms with E-state index in [-0.39, 0.29) is 17.9 Å². The number of ether oxygens (including phenoxy) is 2. The van der Waals surface area contributed by atoms with Crippen molar-refractivity contribution in [1.82, 2.24) is 0 Å². The summed E-state index contributed by atoms with van der Waals surface area (Å²) in [5, 5.41) is 18.0. The van der Waals surface area contributed by atoms with Crippen LogP contribution in [-0.2, 0) is 6.61 Å². The summed E-state index contributed by atoms with van der Waals surface area (Å²) in [7, 11) is 1.47. The van der Waals surface area contributed by atoms with E-state index in [1.54, 1.807) is 30.3 Å². The quantitative estimate of drug-likeness (QED) is 0.912. The van der Waals surface area contributed by atoms with Crippen LogP contribution in [0.3, 0.4) is 0 Å². The zero-order valence-corrected chi connectivity index (χ0v) is 11.4. The van der Waals surface area contributed by atoms with Gasteiger partial charge in [-0.1, -0.05) is 12.1 Å². The van der Waals surface area contributed by atoms with Gasteiger partial charge >= 0.3 is 5.97 Å². The zero-order chi connectivity index (χ0) is 15.2. The molecule has 0 atom stereocenters. The van der Waals surface area contributed by atoms with Crippen LogP contribution in [0, 0.1) is 11.3 Å². The van der Waals surface area contributed by atoms with Crippen LogP contribution in [0.25, 0.3) is 0 Å². The highest BCUT2D eigenvalue weighted by molar-refractivity contribution is 5.91. The maximum absolute atomic E-state index is 11.2. The Labute approximate surface area is 122 Å². The highest BCUT2D eigenvalue weighted by Gasteiger charge is 2.13. The van der Waals surface area contributed by atoms with Gasteiger partial charge in [0.1, 0.15) is 23.7 Å². The van der Waals surface area contributed by atoms with E-state index in [2.05, 4.69) is 0 Å². The van der Waals surface area contributed by atoms with Crippen LogP contribution < -0.4 is 9.47 Å². The maximum Gasteiger partial charge on any atom is 0.339 e. The van der Waals surface area contributed by atoms with Crippen molar-refractivity contribution in [3.8, 4) is 17.6 Å². The average molecular weight is 283 g/mol. The van der Waals surface area contributed by atoms with Gasteiger partial charge in [-0.15, -0.1) is 0 Å². The minimum atomic E-state index is -1.09. The normalized spacial score (nSPS) is 9.71. The van der Waals surface area contributed by atoms with Gasteiger partial charge in [-0.3, -0.25) is 0 Å². The maximum atomic E-state index is 11.2. The van der Waals surface area contributed by atoms with Gasteiger partial charge in [0.05, 0.1) is 18.7 Å². The number of rotatable bonds is 5. The topological polar surface area (TPSA) is 79.5 Å². The molecule has 0 amide bonds. The molecule has 1 N–H and O–H groups in total. The lowest BCUT2D eigenvalue weighted by molar-refractivity contribution is 0.0691. The van der Waals surface area contributed by atoms with E-state index < -0.39 is 5.97 Å². The monoisotopic (exact) mass is 283 g/mol. The van der Waals surface area contributed by atoms with Gasteiger partial charge in [0.25, 0.3) is 0 Å². The average Bonchev–Trinajstić information content (AvgIpc) is 2.52. The number of nitriles is 1. The van der Waals surface area contributed by atoms with E-state index in [1.165, 1.54) is 13.2 Å². The first-order chi connectivity index (χ1) is 10.1. The Morgan fingerprint density at radius 2 is 2.10 bits per heavy atom. The summed E-state index contributed by atoms with van der Waals surface area (Å²) in [5.74, 6) is -0.383. The van der Waals surface area contributed by atoms with E-state index >= 15 is 0 Å². The van der Waals surface area contributed by atoms with Gasteiger partial charge in [-0.2, -0.15) is 5.26 Å². The van der Waals surface area contributed by atoms with Crippen molar-refractivity contribution >= 4 is 5.97 Å². The van der Waals surface area contributed by atoms with Crippen LogP contribution in [0.1, 0.15) is 21.5 Å². The van der Waals surface area contributed by atoms with Crippen molar-refractivity contribution in [3.05, 3.63) is 59.2 Å². The lowest BCUT2D eigenvalue weighted by atomic mass is 10.1. The molecule has 0 unspecified atom stereocenters. The van der Waals surface area contributed by atoms with Crippen molar-refractivity contribution in [2.75, 3.05) is 7.11 Å². The molecule has 0 fully saturated rings. The Morgan fingerprint density at radius 3 is 2.76 bits per heavy atom. The molecule has 5 nitrogen and oxygen atoms in total. The summed E-state index contributed by atoms with van der Waals surface area (Å²) < 4.78 is 10.5. The molecule has 0 heterocycles. The van der Waals surface area contributed by atoms with E-state index in [0.29, 0.717) is 11.3 Å². The third-order valence-electron chi connectivity index (χ3n) is 2.87. The Bertz CT molecular complexity index is 704. The molecule has 2 aromatic rings. The van der Waals surface area contributed by atoms with Crippen molar-refractivity contribution in [2.24, 2.45) is 0 Å². The van der Waals surface area contributed by atoms with Crippen molar-refractivity contribution < 1.29 is 19.4 Å². The highest BCUT2D eigenvalue weighted by atomic mass is 16.5. The molecule has 5 heteroatoms. The fourth-order valence-electron chi connectivity index (χ4n) is 1.82. The molecule has 0 aliphatic heterocycles. The minimum absolute atomic E-state index is 0.0331. The number of benzene rings is 2. The smallest absolute Gasteiger partial charge is 0.339 e. The van der Waals surface area contributed by atoms with Gasteiger partial charge in [-0.25, -0.2) is 4.79 Å². The predicted octanol–water partition coefficient (Wildman–Crippen LogP) is 2.84. The summed E-state index contributed by atoms with van der Waals surface area (Å²) >= 11 is 0. The van der Waals surface area contributed by atoms with Gasteiger partial charge in [0.2, 0.25) is 0 Å². The number of hydrogen-bond donors (Lipinski definition) is 1. The first kappa shape index (κ1) is 14.4. The molecular formula is C16H13NO4. The number of carbonyl (C=O) groups is 1. The third-order valence-corrected chi connectivity index (χ3v) is 2.87. The largest absolute Gasteiger partial charge is 0.497 e. The van der Waals surface area contributed by atoms with Crippen molar-refractivity contribution in [1.29, 1.82) is 5.26 Å².